The number of rotatable bonds is 5. The maximum absolute atomic E-state index is 5.73. The predicted octanol–water partition coefficient (Wildman–Crippen LogP) is 6.44. The zero-order chi connectivity index (χ0) is 17.7. The fourth-order valence-electron chi connectivity index (χ4n) is 3.95. The monoisotopic (exact) mass is 338 g/mol. The van der Waals surface area contributed by atoms with Crippen LogP contribution < -0.4 is 0 Å². The quantitative estimate of drug-likeness (QED) is 0.451. The Morgan fingerprint density at radius 1 is 0.917 bits per heavy atom. The number of benzene rings is 1. The Kier molecular flexibility index (Phi) is 6.13. The number of hydrogen-bond donors (Lipinski definition) is 0. The van der Waals surface area contributed by atoms with Gasteiger partial charge in [0.2, 0.25) is 0 Å². The summed E-state index contributed by atoms with van der Waals surface area (Å²) in [4.78, 5) is 0. The normalized spacial score (nSPS) is 11.9. The van der Waals surface area contributed by atoms with E-state index in [-0.39, 0.29) is 0 Å². The molecule has 1 aromatic carbocycles. The highest BCUT2D eigenvalue weighted by Gasteiger charge is 2.41. The van der Waals surface area contributed by atoms with Crippen LogP contribution >= 0.6 is 0 Å². The van der Waals surface area contributed by atoms with Crippen molar-refractivity contribution in [1.82, 2.24) is 0 Å². The molecule has 0 radical (unpaired) electrons. The molecule has 2 heteroatoms. The second kappa shape index (κ2) is 7.90. The maximum Gasteiger partial charge on any atom is 0.146 e. The molecule has 0 spiro atoms. The molecule has 1 nitrogen and oxygen atoms in total. The van der Waals surface area contributed by atoms with Crippen molar-refractivity contribution in [1.29, 1.82) is 0 Å². The third-order valence-corrected chi connectivity index (χ3v) is 11.5. The summed E-state index contributed by atoms with van der Waals surface area (Å²) in [5.74, 6) is 4.44. The van der Waals surface area contributed by atoms with Gasteiger partial charge < -0.3 is 4.42 Å². The topological polar surface area (TPSA) is 13.1 Å². The molecule has 1 heterocycles. The van der Waals surface area contributed by atoms with Gasteiger partial charge in [-0.15, -0.1) is 5.54 Å². The molecule has 0 amide bonds. The van der Waals surface area contributed by atoms with Gasteiger partial charge in [0.05, 0.1) is 5.56 Å². The van der Waals surface area contributed by atoms with Crippen LogP contribution in [0, 0.1) is 11.5 Å². The Bertz CT molecular complexity index is 677. The highest BCUT2D eigenvalue weighted by molar-refractivity contribution is 6.90. The summed E-state index contributed by atoms with van der Waals surface area (Å²) in [5, 5.41) is 0. The summed E-state index contributed by atoms with van der Waals surface area (Å²) in [7, 11) is -1.68. The van der Waals surface area contributed by atoms with Gasteiger partial charge in [-0.1, -0.05) is 77.8 Å². The first-order chi connectivity index (χ1) is 11.4. The third-order valence-electron chi connectivity index (χ3n) is 5.16. The molecule has 0 unspecified atom stereocenters. The van der Waals surface area contributed by atoms with Crippen LogP contribution in [0.4, 0.5) is 0 Å². The minimum absolute atomic E-state index is 0.653. The molecule has 24 heavy (non-hydrogen) atoms. The lowest BCUT2D eigenvalue weighted by molar-refractivity contribution is 0.520. The van der Waals surface area contributed by atoms with Crippen molar-refractivity contribution in [3.63, 3.8) is 0 Å². The highest BCUT2D eigenvalue weighted by Crippen LogP contribution is 2.40. The molecule has 128 valence electrons. The molecule has 0 fully saturated rings. The number of hydrogen-bond acceptors (Lipinski definition) is 1. The van der Waals surface area contributed by atoms with E-state index in [1.54, 1.807) is 0 Å². The average molecular weight is 339 g/mol. The van der Waals surface area contributed by atoms with E-state index >= 15 is 0 Å². The van der Waals surface area contributed by atoms with E-state index in [1.807, 2.05) is 12.3 Å². The fraction of sp³-hybridized carbons (Fsp3) is 0.455. The van der Waals surface area contributed by atoms with Gasteiger partial charge in [-0.25, -0.2) is 0 Å². The van der Waals surface area contributed by atoms with Crippen molar-refractivity contribution in [3.05, 3.63) is 59.5 Å². The van der Waals surface area contributed by atoms with Crippen molar-refractivity contribution in [2.24, 2.45) is 0 Å². The van der Waals surface area contributed by atoms with Crippen LogP contribution in [0.3, 0.4) is 0 Å². The van der Waals surface area contributed by atoms with Crippen LogP contribution in [0.15, 0.2) is 47.1 Å². The zero-order valence-electron chi connectivity index (χ0n) is 15.9. The summed E-state index contributed by atoms with van der Waals surface area (Å²) in [6, 6.07) is 12.5. The van der Waals surface area contributed by atoms with Gasteiger partial charge in [-0.2, -0.15) is 0 Å². The van der Waals surface area contributed by atoms with Crippen molar-refractivity contribution in [2.75, 3.05) is 0 Å². The molecule has 0 N–H and O–H groups in total. The molecule has 0 aliphatic heterocycles. The first-order valence-electron chi connectivity index (χ1n) is 9.00. The zero-order valence-corrected chi connectivity index (χ0v) is 16.9. The van der Waals surface area contributed by atoms with Crippen LogP contribution in [0.2, 0.25) is 16.6 Å². The second-order valence-electron chi connectivity index (χ2n) is 7.61. The molecule has 0 saturated heterocycles. The largest absolute Gasteiger partial charge is 0.468 e. The van der Waals surface area contributed by atoms with Crippen LogP contribution in [0.1, 0.15) is 58.4 Å². The predicted molar refractivity (Wildman–Crippen MR) is 106 cm³/mol. The average Bonchev–Trinajstić information content (AvgIpc) is 2.95. The summed E-state index contributed by atoms with van der Waals surface area (Å²) >= 11 is 0. The smallest absolute Gasteiger partial charge is 0.146 e. The van der Waals surface area contributed by atoms with E-state index < -0.39 is 8.07 Å². The summed E-state index contributed by atoms with van der Waals surface area (Å²) < 4.78 is 5.73. The molecule has 2 rings (SSSR count). The minimum Gasteiger partial charge on any atom is -0.468 e. The van der Waals surface area contributed by atoms with Gasteiger partial charge in [-0.3, -0.25) is 0 Å². The van der Waals surface area contributed by atoms with Crippen molar-refractivity contribution >= 4 is 8.07 Å². The van der Waals surface area contributed by atoms with Gasteiger partial charge in [0.1, 0.15) is 20.1 Å². The van der Waals surface area contributed by atoms with Crippen molar-refractivity contribution in [2.45, 2.75) is 64.6 Å². The lowest BCUT2D eigenvalue weighted by Gasteiger charge is -2.38. The molecule has 0 bridgehead atoms. The maximum atomic E-state index is 5.73. The highest BCUT2D eigenvalue weighted by atomic mass is 28.3. The van der Waals surface area contributed by atoms with E-state index in [4.69, 9.17) is 4.42 Å². The first kappa shape index (κ1) is 18.6. The van der Waals surface area contributed by atoms with E-state index in [9.17, 15) is 0 Å². The van der Waals surface area contributed by atoms with E-state index in [0.29, 0.717) is 16.6 Å². The molecule has 0 aliphatic rings. The van der Waals surface area contributed by atoms with Gasteiger partial charge in [0, 0.05) is 6.42 Å². The molecule has 0 aliphatic carbocycles. The van der Waals surface area contributed by atoms with Gasteiger partial charge in [0.15, 0.2) is 0 Å². The van der Waals surface area contributed by atoms with Crippen LogP contribution in [0.5, 0.6) is 0 Å². The van der Waals surface area contributed by atoms with Crippen molar-refractivity contribution < 1.29 is 4.42 Å². The van der Waals surface area contributed by atoms with Gasteiger partial charge in [-0.05, 0) is 28.3 Å². The molecule has 0 saturated carbocycles. The second-order valence-corrected chi connectivity index (χ2v) is 13.2. The van der Waals surface area contributed by atoms with E-state index in [2.05, 4.69) is 83.3 Å². The molecular formula is C22H30OSi. The Hall–Kier alpha value is -1.72. The summed E-state index contributed by atoms with van der Waals surface area (Å²) in [6.07, 6.45) is 2.63. The van der Waals surface area contributed by atoms with E-state index in [1.165, 1.54) is 5.56 Å². The minimum atomic E-state index is -1.68. The van der Waals surface area contributed by atoms with Crippen LogP contribution in [0.25, 0.3) is 0 Å². The molecule has 1 aromatic heterocycles. The van der Waals surface area contributed by atoms with Crippen molar-refractivity contribution in [3.8, 4) is 11.5 Å². The summed E-state index contributed by atoms with van der Waals surface area (Å²) in [5.41, 5.74) is 7.99. The Morgan fingerprint density at radius 2 is 1.50 bits per heavy atom. The Morgan fingerprint density at radius 3 is 2.04 bits per heavy atom. The molecule has 2 aromatic rings. The first-order valence-corrected chi connectivity index (χ1v) is 11.2. The standard InChI is InChI=1S/C22H30OSi/c1-17(2)24(18(3)4,19(5)6)13-12-21-15-22(23-16-21)14-20-10-8-7-9-11-20/h7-11,15-19H,14H2,1-6H3. The lowest BCUT2D eigenvalue weighted by Crippen LogP contribution is -2.43. The Labute approximate surface area is 148 Å². The third kappa shape index (κ3) is 4.02. The Balaban J connectivity index is 2.24. The van der Waals surface area contributed by atoms with Crippen LogP contribution in [-0.4, -0.2) is 8.07 Å². The SMILES string of the molecule is CC(C)[Si](C#Cc1coc(Cc2ccccc2)c1)(C(C)C)C(C)C. The summed E-state index contributed by atoms with van der Waals surface area (Å²) in [6.45, 7) is 14.1. The molecule has 0 atom stereocenters. The van der Waals surface area contributed by atoms with E-state index in [0.717, 1.165) is 17.7 Å². The number of furan rings is 1. The molecular weight excluding hydrogens is 308 g/mol. The fourth-order valence-corrected chi connectivity index (χ4v) is 9.18. The van der Waals surface area contributed by atoms with Gasteiger partial charge >= 0.3 is 0 Å². The van der Waals surface area contributed by atoms with Gasteiger partial charge in [0.25, 0.3) is 0 Å². The lowest BCUT2D eigenvalue weighted by atomic mass is 10.1. The van der Waals surface area contributed by atoms with Crippen LogP contribution in [-0.2, 0) is 6.42 Å².